The number of halogens is 3. The summed E-state index contributed by atoms with van der Waals surface area (Å²) in [5, 5.41) is 2.52. The molecule has 0 atom stereocenters. The third kappa shape index (κ3) is 3.71. The zero-order chi connectivity index (χ0) is 16.3. The smallest absolute Gasteiger partial charge is 0.321 e. The van der Waals surface area contributed by atoms with E-state index in [1.54, 1.807) is 4.90 Å². The molecule has 0 radical (unpaired) electrons. The molecule has 0 saturated carbocycles. The molecule has 1 saturated heterocycles. The van der Waals surface area contributed by atoms with Gasteiger partial charge in [0.1, 0.15) is 0 Å². The molecule has 1 heterocycles. The zero-order valence-electron chi connectivity index (χ0n) is 12.7. The van der Waals surface area contributed by atoms with Crippen LogP contribution >= 0.6 is 0 Å². The van der Waals surface area contributed by atoms with Gasteiger partial charge < -0.3 is 10.2 Å². The van der Waals surface area contributed by atoms with Crippen LogP contribution < -0.4 is 5.32 Å². The Morgan fingerprint density at radius 3 is 2.50 bits per heavy atom. The first-order valence-electron chi connectivity index (χ1n) is 7.32. The van der Waals surface area contributed by atoms with Gasteiger partial charge in [0.2, 0.25) is 0 Å². The van der Waals surface area contributed by atoms with E-state index in [1.165, 1.54) is 12.1 Å². The highest BCUT2D eigenvalue weighted by atomic mass is 19.4. The second-order valence-corrected chi connectivity index (χ2v) is 5.29. The molecule has 2 amide bonds. The minimum absolute atomic E-state index is 0.158. The second kappa shape index (κ2) is 6.56. The summed E-state index contributed by atoms with van der Waals surface area (Å²) in [6, 6.07) is 4.64. The molecule has 0 spiro atoms. The maximum absolute atomic E-state index is 12.6. The van der Waals surface area contributed by atoms with Crippen LogP contribution in [0.1, 0.15) is 19.4 Å². The molecular weight excluding hydrogens is 295 g/mol. The van der Waals surface area contributed by atoms with Gasteiger partial charge in [0.15, 0.2) is 0 Å². The van der Waals surface area contributed by atoms with Gasteiger partial charge in [-0.3, -0.25) is 4.90 Å². The van der Waals surface area contributed by atoms with Crippen molar-refractivity contribution in [3.8, 4) is 0 Å². The number of rotatable bonds is 4. The van der Waals surface area contributed by atoms with E-state index >= 15 is 0 Å². The summed E-state index contributed by atoms with van der Waals surface area (Å²) >= 11 is 0. The van der Waals surface area contributed by atoms with E-state index in [1.807, 2.05) is 0 Å². The van der Waals surface area contributed by atoms with Gasteiger partial charge in [0.25, 0.3) is 0 Å². The Bertz CT molecular complexity index is 523. The summed E-state index contributed by atoms with van der Waals surface area (Å²) < 4.78 is 37.9. The van der Waals surface area contributed by atoms with Crippen LogP contribution in [0.25, 0.3) is 0 Å². The number of nitrogens with one attached hydrogen (secondary N) is 1. The van der Waals surface area contributed by atoms with Crippen molar-refractivity contribution in [1.82, 2.24) is 9.80 Å². The number of urea groups is 1. The van der Waals surface area contributed by atoms with Crippen LogP contribution in [0, 0.1) is 0 Å². The summed E-state index contributed by atoms with van der Waals surface area (Å²) in [6.45, 7) is 7.18. The van der Waals surface area contributed by atoms with E-state index in [0.717, 1.165) is 25.2 Å². The molecule has 0 aromatic heterocycles. The van der Waals surface area contributed by atoms with Crippen LogP contribution in [-0.4, -0.2) is 48.1 Å². The predicted molar refractivity (Wildman–Crippen MR) is 78.7 cm³/mol. The van der Waals surface area contributed by atoms with E-state index in [-0.39, 0.29) is 11.7 Å². The number of likely N-dealkylation sites (N-methyl/N-ethyl adjacent to an activating group) is 1. The number of carbonyl (C=O) groups excluding carboxylic acids is 1. The Kier molecular flexibility index (Phi) is 4.95. The first-order chi connectivity index (χ1) is 10.3. The lowest BCUT2D eigenvalue weighted by Gasteiger charge is -2.44. The quantitative estimate of drug-likeness (QED) is 0.925. The van der Waals surface area contributed by atoms with Crippen LogP contribution in [0.5, 0.6) is 0 Å². The fourth-order valence-corrected chi connectivity index (χ4v) is 2.57. The molecule has 4 nitrogen and oxygen atoms in total. The molecule has 0 bridgehead atoms. The lowest BCUT2D eigenvalue weighted by molar-refractivity contribution is -0.137. The predicted octanol–water partition coefficient (Wildman–Crippen LogP) is 3.26. The molecule has 1 aromatic rings. The topological polar surface area (TPSA) is 35.6 Å². The van der Waals surface area contributed by atoms with Crippen molar-refractivity contribution in [2.45, 2.75) is 26.1 Å². The summed E-state index contributed by atoms with van der Waals surface area (Å²) in [7, 11) is 0. The molecule has 122 valence electrons. The van der Waals surface area contributed by atoms with Crippen molar-refractivity contribution >= 4 is 11.7 Å². The van der Waals surface area contributed by atoms with Crippen LogP contribution in [0.4, 0.5) is 23.7 Å². The monoisotopic (exact) mass is 315 g/mol. The number of hydrogen-bond acceptors (Lipinski definition) is 2. The van der Waals surface area contributed by atoms with Crippen molar-refractivity contribution in [3.05, 3.63) is 29.8 Å². The minimum atomic E-state index is -4.41. The average Bonchev–Trinajstić information content (AvgIpc) is 2.41. The zero-order valence-corrected chi connectivity index (χ0v) is 12.7. The Balaban J connectivity index is 1.92. The van der Waals surface area contributed by atoms with Crippen LogP contribution in [0.15, 0.2) is 24.3 Å². The first-order valence-corrected chi connectivity index (χ1v) is 7.32. The molecule has 7 heteroatoms. The molecule has 22 heavy (non-hydrogen) atoms. The maximum atomic E-state index is 12.6. The van der Waals surface area contributed by atoms with Crippen molar-refractivity contribution in [1.29, 1.82) is 0 Å². The lowest BCUT2D eigenvalue weighted by Crippen LogP contribution is -2.61. The number of amides is 2. The average molecular weight is 315 g/mol. The second-order valence-electron chi connectivity index (χ2n) is 5.29. The molecule has 1 N–H and O–H groups in total. The van der Waals surface area contributed by atoms with E-state index in [2.05, 4.69) is 24.1 Å². The number of carbonyl (C=O) groups is 1. The number of hydrogen-bond donors (Lipinski definition) is 1. The molecular formula is C15H20F3N3O. The molecule has 1 fully saturated rings. The lowest BCUT2D eigenvalue weighted by atomic mass is 10.1. The number of anilines is 1. The Labute approximate surface area is 127 Å². The number of nitrogens with zero attached hydrogens (tertiary/aromatic N) is 2. The Morgan fingerprint density at radius 2 is 1.95 bits per heavy atom. The van der Waals surface area contributed by atoms with Gasteiger partial charge in [0, 0.05) is 24.8 Å². The van der Waals surface area contributed by atoms with Crippen LogP contribution in [0.2, 0.25) is 0 Å². The molecule has 1 aromatic carbocycles. The van der Waals surface area contributed by atoms with Crippen molar-refractivity contribution in [2.75, 3.05) is 31.5 Å². The van der Waals surface area contributed by atoms with E-state index in [0.29, 0.717) is 19.1 Å². The Hall–Kier alpha value is -1.76. The highest BCUT2D eigenvalue weighted by Gasteiger charge is 2.34. The maximum Gasteiger partial charge on any atom is 0.416 e. The standard InChI is InChI=1S/C15H20F3N3O/c1-3-20(4-2)13-9-21(10-13)14(22)19-12-7-5-6-11(8-12)15(16,17)18/h5-8,13H,3-4,9-10H2,1-2H3,(H,19,22). The number of likely N-dealkylation sites (tertiary alicyclic amines) is 1. The van der Waals surface area contributed by atoms with Gasteiger partial charge in [-0.2, -0.15) is 13.2 Å². The van der Waals surface area contributed by atoms with Gasteiger partial charge in [-0.1, -0.05) is 19.9 Å². The van der Waals surface area contributed by atoms with Crippen LogP contribution in [0.3, 0.4) is 0 Å². The molecule has 0 unspecified atom stereocenters. The van der Waals surface area contributed by atoms with Gasteiger partial charge in [-0.15, -0.1) is 0 Å². The number of benzene rings is 1. The van der Waals surface area contributed by atoms with Crippen molar-refractivity contribution < 1.29 is 18.0 Å². The summed E-state index contributed by atoms with van der Waals surface area (Å²) in [5.74, 6) is 0. The van der Waals surface area contributed by atoms with Gasteiger partial charge in [-0.25, -0.2) is 4.79 Å². The van der Waals surface area contributed by atoms with Gasteiger partial charge in [0.05, 0.1) is 5.56 Å². The SMILES string of the molecule is CCN(CC)C1CN(C(=O)Nc2cccc(C(F)(F)F)c2)C1. The Morgan fingerprint density at radius 1 is 1.32 bits per heavy atom. The summed E-state index contributed by atoms with van der Waals surface area (Å²) in [4.78, 5) is 15.9. The van der Waals surface area contributed by atoms with Crippen LogP contribution in [-0.2, 0) is 6.18 Å². The van der Waals surface area contributed by atoms with Gasteiger partial charge in [-0.05, 0) is 31.3 Å². The fraction of sp³-hybridized carbons (Fsp3) is 0.533. The van der Waals surface area contributed by atoms with E-state index in [9.17, 15) is 18.0 Å². The molecule has 1 aliphatic rings. The molecule has 2 rings (SSSR count). The fourth-order valence-electron chi connectivity index (χ4n) is 2.57. The van der Waals surface area contributed by atoms with E-state index in [4.69, 9.17) is 0 Å². The van der Waals surface area contributed by atoms with Gasteiger partial charge >= 0.3 is 12.2 Å². The van der Waals surface area contributed by atoms with Crippen molar-refractivity contribution in [2.24, 2.45) is 0 Å². The minimum Gasteiger partial charge on any atom is -0.321 e. The normalized spacial score (nSPS) is 15.8. The highest BCUT2D eigenvalue weighted by Crippen LogP contribution is 2.30. The molecule has 0 aliphatic carbocycles. The highest BCUT2D eigenvalue weighted by molar-refractivity contribution is 5.90. The number of alkyl halides is 3. The summed E-state index contributed by atoms with van der Waals surface area (Å²) in [5.41, 5.74) is -0.610. The van der Waals surface area contributed by atoms with E-state index < -0.39 is 11.7 Å². The largest absolute Gasteiger partial charge is 0.416 e. The van der Waals surface area contributed by atoms with Crippen molar-refractivity contribution in [3.63, 3.8) is 0 Å². The first kappa shape index (κ1) is 16.6. The molecule has 1 aliphatic heterocycles. The third-order valence-corrected chi connectivity index (χ3v) is 3.92. The third-order valence-electron chi connectivity index (χ3n) is 3.92. The summed E-state index contributed by atoms with van der Waals surface area (Å²) in [6.07, 6.45) is -4.41.